The summed E-state index contributed by atoms with van der Waals surface area (Å²) in [6, 6.07) is 6.86. The standard InChI is InChI=1S/C24H33NO/c1-8-18(25-7)15-22(2,3)13-16-9-10-19-20(11-16)24(6)14-17(24)12-21(26)23(19,4)5/h8-11,17H,7,12-15H2,1-6H3. The molecule has 0 N–H and O–H groups in total. The molecule has 3 rings (SSSR count). The van der Waals surface area contributed by atoms with Crippen molar-refractivity contribution in [2.75, 3.05) is 0 Å². The van der Waals surface area contributed by atoms with Gasteiger partial charge in [0.1, 0.15) is 5.78 Å². The molecule has 1 aromatic carbocycles. The number of benzene rings is 1. The van der Waals surface area contributed by atoms with E-state index in [0.29, 0.717) is 11.7 Å². The fraction of sp³-hybridized carbons (Fsp3) is 0.583. The van der Waals surface area contributed by atoms with Crippen LogP contribution in [0, 0.1) is 11.3 Å². The molecule has 0 amide bonds. The Bertz CT molecular complexity index is 783. The Kier molecular flexibility index (Phi) is 4.53. The summed E-state index contributed by atoms with van der Waals surface area (Å²) < 4.78 is 0. The van der Waals surface area contributed by atoms with E-state index < -0.39 is 0 Å². The van der Waals surface area contributed by atoms with E-state index >= 15 is 0 Å². The van der Waals surface area contributed by atoms with Crippen LogP contribution in [-0.2, 0) is 22.0 Å². The largest absolute Gasteiger partial charge is 0.299 e. The van der Waals surface area contributed by atoms with Gasteiger partial charge in [0, 0.05) is 17.5 Å². The number of ketones is 1. The SMILES string of the molecule is C=NC(=CC)CC(C)(C)Cc1ccc2c(c1)C1(C)CC1CC(=O)C2(C)C. The number of rotatable bonds is 5. The third-order valence-corrected chi connectivity index (χ3v) is 6.79. The molecular weight excluding hydrogens is 318 g/mol. The maximum absolute atomic E-state index is 12.8. The van der Waals surface area contributed by atoms with Crippen LogP contribution in [0.3, 0.4) is 0 Å². The second-order valence-electron chi connectivity index (χ2n) is 9.91. The molecule has 0 radical (unpaired) electrons. The number of hydrogen-bond acceptors (Lipinski definition) is 2. The zero-order valence-corrected chi connectivity index (χ0v) is 17.3. The maximum atomic E-state index is 12.8. The molecule has 2 aliphatic rings. The van der Waals surface area contributed by atoms with Crippen molar-refractivity contribution in [3.8, 4) is 0 Å². The zero-order chi connectivity index (χ0) is 19.3. The van der Waals surface area contributed by atoms with Crippen LogP contribution in [0.4, 0.5) is 0 Å². The third kappa shape index (κ3) is 3.19. The number of carbonyl (C=O) groups excluding carboxylic acids is 1. The molecule has 26 heavy (non-hydrogen) atoms. The predicted molar refractivity (Wildman–Crippen MR) is 110 cm³/mol. The molecule has 0 aliphatic heterocycles. The van der Waals surface area contributed by atoms with Crippen molar-refractivity contribution in [2.24, 2.45) is 16.3 Å². The van der Waals surface area contributed by atoms with Crippen LogP contribution < -0.4 is 0 Å². The van der Waals surface area contributed by atoms with Gasteiger partial charge in [-0.2, -0.15) is 0 Å². The summed E-state index contributed by atoms with van der Waals surface area (Å²) >= 11 is 0. The maximum Gasteiger partial charge on any atom is 0.143 e. The predicted octanol–water partition coefficient (Wildman–Crippen LogP) is 5.78. The molecule has 140 valence electrons. The molecule has 2 unspecified atom stereocenters. The molecule has 1 saturated carbocycles. The Morgan fingerprint density at radius 1 is 1.31 bits per heavy atom. The van der Waals surface area contributed by atoms with E-state index in [-0.39, 0.29) is 16.2 Å². The Morgan fingerprint density at radius 3 is 2.62 bits per heavy atom. The molecule has 0 bridgehead atoms. The molecule has 0 saturated heterocycles. The van der Waals surface area contributed by atoms with E-state index in [4.69, 9.17) is 0 Å². The molecule has 1 aromatic rings. The first kappa shape index (κ1) is 19.1. The van der Waals surface area contributed by atoms with Crippen molar-refractivity contribution >= 4 is 12.5 Å². The Balaban J connectivity index is 1.95. The number of fused-ring (bicyclic) bond motifs is 3. The van der Waals surface area contributed by atoms with Gasteiger partial charge in [0.2, 0.25) is 0 Å². The number of nitrogens with zero attached hydrogens (tertiary/aromatic N) is 1. The van der Waals surface area contributed by atoms with E-state index in [1.165, 1.54) is 16.7 Å². The lowest BCUT2D eigenvalue weighted by Gasteiger charge is -2.29. The minimum Gasteiger partial charge on any atom is -0.299 e. The highest BCUT2D eigenvalue weighted by Gasteiger charge is 2.57. The summed E-state index contributed by atoms with van der Waals surface area (Å²) in [6.07, 6.45) is 5.86. The quantitative estimate of drug-likeness (QED) is 0.618. The average Bonchev–Trinajstić information content (AvgIpc) is 3.23. The smallest absolute Gasteiger partial charge is 0.143 e. The molecular formula is C24H33NO. The van der Waals surface area contributed by atoms with Crippen LogP contribution >= 0.6 is 0 Å². The Hall–Kier alpha value is -1.70. The first-order valence-corrected chi connectivity index (χ1v) is 9.82. The van der Waals surface area contributed by atoms with Gasteiger partial charge >= 0.3 is 0 Å². The number of aliphatic imine (C=N–C) groups is 1. The normalized spacial score (nSPS) is 27.4. The second-order valence-corrected chi connectivity index (χ2v) is 9.91. The molecule has 1 fully saturated rings. The molecule has 0 aromatic heterocycles. The van der Waals surface area contributed by atoms with Gasteiger partial charge in [-0.05, 0) is 80.2 Å². The van der Waals surface area contributed by atoms with Gasteiger partial charge in [0.05, 0.1) is 0 Å². The van der Waals surface area contributed by atoms with Gasteiger partial charge in [0.15, 0.2) is 0 Å². The van der Waals surface area contributed by atoms with Gasteiger partial charge in [-0.1, -0.05) is 45.0 Å². The van der Waals surface area contributed by atoms with Gasteiger partial charge in [0.25, 0.3) is 0 Å². The minimum atomic E-state index is -0.370. The minimum absolute atomic E-state index is 0.122. The van der Waals surface area contributed by atoms with Crippen molar-refractivity contribution in [3.63, 3.8) is 0 Å². The Labute approximate surface area is 158 Å². The summed E-state index contributed by atoms with van der Waals surface area (Å²) in [5, 5.41) is 0. The highest BCUT2D eigenvalue weighted by Crippen LogP contribution is 2.60. The van der Waals surface area contributed by atoms with Crippen LogP contribution in [0.15, 0.2) is 35.0 Å². The van der Waals surface area contributed by atoms with Gasteiger partial charge in [-0.25, -0.2) is 0 Å². The highest BCUT2D eigenvalue weighted by atomic mass is 16.1. The first-order chi connectivity index (χ1) is 12.0. The van der Waals surface area contributed by atoms with Crippen molar-refractivity contribution in [1.82, 2.24) is 0 Å². The molecule has 2 atom stereocenters. The molecule has 0 heterocycles. The highest BCUT2D eigenvalue weighted by molar-refractivity contribution is 5.91. The lowest BCUT2D eigenvalue weighted by molar-refractivity contribution is -0.123. The molecule has 2 heteroatoms. The lowest BCUT2D eigenvalue weighted by Crippen LogP contribution is -2.29. The average molecular weight is 352 g/mol. The Morgan fingerprint density at radius 2 is 2.00 bits per heavy atom. The van der Waals surface area contributed by atoms with Crippen LogP contribution in [-0.4, -0.2) is 12.5 Å². The van der Waals surface area contributed by atoms with E-state index in [2.05, 4.69) is 70.6 Å². The summed E-state index contributed by atoms with van der Waals surface area (Å²) in [5.41, 5.74) is 5.03. The van der Waals surface area contributed by atoms with Crippen LogP contribution in [0.5, 0.6) is 0 Å². The third-order valence-electron chi connectivity index (χ3n) is 6.79. The van der Waals surface area contributed by atoms with Crippen LogP contribution in [0.1, 0.15) is 77.5 Å². The van der Waals surface area contributed by atoms with E-state index in [1.54, 1.807) is 0 Å². The summed E-state index contributed by atoms with van der Waals surface area (Å²) in [7, 11) is 0. The second kappa shape index (κ2) is 6.18. The summed E-state index contributed by atoms with van der Waals surface area (Å²) in [5.74, 6) is 0.922. The topological polar surface area (TPSA) is 29.4 Å². The van der Waals surface area contributed by atoms with Gasteiger partial charge in [-0.15, -0.1) is 0 Å². The van der Waals surface area contributed by atoms with E-state index in [1.807, 2.05) is 6.92 Å². The number of Topliss-reactive ketones (excluding diaryl/α,β-unsaturated/α-hetero) is 1. The van der Waals surface area contributed by atoms with Crippen molar-refractivity contribution in [1.29, 1.82) is 0 Å². The van der Waals surface area contributed by atoms with Crippen molar-refractivity contribution in [3.05, 3.63) is 46.7 Å². The summed E-state index contributed by atoms with van der Waals surface area (Å²) in [4.78, 5) is 16.9. The number of carbonyl (C=O) groups is 1. The lowest BCUT2D eigenvalue weighted by atomic mass is 9.74. The summed E-state index contributed by atoms with van der Waals surface area (Å²) in [6.45, 7) is 16.8. The van der Waals surface area contributed by atoms with Crippen molar-refractivity contribution in [2.45, 2.75) is 78.1 Å². The van der Waals surface area contributed by atoms with Gasteiger partial charge < -0.3 is 0 Å². The monoisotopic (exact) mass is 351 g/mol. The zero-order valence-electron chi connectivity index (χ0n) is 17.3. The van der Waals surface area contributed by atoms with Crippen LogP contribution in [0.25, 0.3) is 0 Å². The van der Waals surface area contributed by atoms with Crippen molar-refractivity contribution < 1.29 is 4.79 Å². The van der Waals surface area contributed by atoms with Crippen LogP contribution in [0.2, 0.25) is 0 Å². The van der Waals surface area contributed by atoms with Gasteiger partial charge in [-0.3, -0.25) is 9.79 Å². The number of allylic oxidation sites excluding steroid dienone is 2. The molecule has 0 spiro atoms. The first-order valence-electron chi connectivity index (χ1n) is 9.82. The van der Waals surface area contributed by atoms with E-state index in [9.17, 15) is 4.79 Å². The van der Waals surface area contributed by atoms with E-state index in [0.717, 1.165) is 31.4 Å². The molecule has 2 nitrogen and oxygen atoms in total. The molecule has 2 aliphatic carbocycles. The number of hydrogen-bond donors (Lipinski definition) is 0. The fourth-order valence-corrected chi connectivity index (χ4v) is 4.78. The fourth-order valence-electron chi connectivity index (χ4n) is 4.78.